The van der Waals surface area contributed by atoms with Crippen molar-refractivity contribution in [2.75, 3.05) is 18.9 Å². The van der Waals surface area contributed by atoms with Crippen LogP contribution < -0.4 is 10.6 Å². The summed E-state index contributed by atoms with van der Waals surface area (Å²) < 4.78 is 0. The van der Waals surface area contributed by atoms with Crippen molar-refractivity contribution in [3.05, 3.63) is 41.7 Å². The minimum atomic E-state index is -0.0716. The fourth-order valence-electron chi connectivity index (χ4n) is 2.12. The lowest BCUT2D eigenvalue weighted by molar-refractivity contribution is -0.119. The van der Waals surface area contributed by atoms with Gasteiger partial charge in [0.1, 0.15) is 0 Å². The molecule has 0 bridgehead atoms. The van der Waals surface area contributed by atoms with Crippen LogP contribution in [0.2, 0.25) is 0 Å². The normalized spacial score (nSPS) is 11.5. The molecule has 5 nitrogen and oxygen atoms in total. The molecule has 1 atom stereocenters. The molecule has 130 valence electrons. The monoisotopic (exact) mass is 366 g/mol. The maximum atomic E-state index is 12.0. The van der Waals surface area contributed by atoms with Gasteiger partial charge in [-0.15, -0.1) is 12.4 Å². The van der Waals surface area contributed by atoms with Gasteiger partial charge < -0.3 is 10.6 Å². The number of halogens is 1. The fraction of sp³-hybridized carbons (Fsp3) is 0.353. The van der Waals surface area contributed by atoms with Gasteiger partial charge in [-0.05, 0) is 63.0 Å². The molecule has 1 aromatic heterocycles. The van der Waals surface area contributed by atoms with Crippen LogP contribution in [0.5, 0.6) is 0 Å². The molecule has 2 N–H and O–H groups in total. The molecule has 1 amide bonds. The van der Waals surface area contributed by atoms with Crippen LogP contribution in [0.3, 0.4) is 0 Å². The average Bonchev–Trinajstić information content (AvgIpc) is 2.48. The van der Waals surface area contributed by atoms with Crippen LogP contribution in [-0.2, 0) is 4.79 Å². The van der Waals surface area contributed by atoms with Crippen molar-refractivity contribution in [2.45, 2.75) is 30.8 Å². The SMILES string of the molecule is CNCC(C)C(=O)Nc1ccc(Sc2nc(C)cc(C)n2)cc1.Cl. The zero-order valence-electron chi connectivity index (χ0n) is 14.3. The topological polar surface area (TPSA) is 66.9 Å². The van der Waals surface area contributed by atoms with Crippen LogP contribution in [0, 0.1) is 19.8 Å². The molecule has 1 heterocycles. The second kappa shape index (κ2) is 9.61. The summed E-state index contributed by atoms with van der Waals surface area (Å²) in [5, 5.41) is 6.66. The molecule has 0 aliphatic carbocycles. The van der Waals surface area contributed by atoms with Gasteiger partial charge in [0, 0.05) is 34.4 Å². The van der Waals surface area contributed by atoms with E-state index in [9.17, 15) is 4.79 Å². The van der Waals surface area contributed by atoms with Crippen molar-refractivity contribution in [3.63, 3.8) is 0 Å². The molecule has 1 aromatic carbocycles. The van der Waals surface area contributed by atoms with Crippen molar-refractivity contribution in [1.82, 2.24) is 15.3 Å². The van der Waals surface area contributed by atoms with E-state index >= 15 is 0 Å². The Kier molecular flexibility index (Phi) is 8.18. The summed E-state index contributed by atoms with van der Waals surface area (Å²) >= 11 is 1.51. The third-order valence-corrected chi connectivity index (χ3v) is 4.12. The van der Waals surface area contributed by atoms with E-state index in [1.807, 2.05) is 58.2 Å². The molecule has 1 unspecified atom stereocenters. The van der Waals surface area contributed by atoms with Crippen molar-refractivity contribution in [1.29, 1.82) is 0 Å². The lowest BCUT2D eigenvalue weighted by atomic mass is 10.1. The van der Waals surface area contributed by atoms with E-state index in [4.69, 9.17) is 0 Å². The number of hydrogen-bond acceptors (Lipinski definition) is 5. The van der Waals surface area contributed by atoms with Crippen LogP contribution >= 0.6 is 24.2 Å². The predicted molar refractivity (Wildman–Crippen MR) is 101 cm³/mol. The summed E-state index contributed by atoms with van der Waals surface area (Å²) in [5.41, 5.74) is 2.72. The van der Waals surface area contributed by atoms with Gasteiger partial charge in [0.05, 0.1) is 0 Å². The van der Waals surface area contributed by atoms with Gasteiger partial charge in [0.2, 0.25) is 5.91 Å². The summed E-state index contributed by atoms with van der Waals surface area (Å²) in [6.07, 6.45) is 0. The largest absolute Gasteiger partial charge is 0.326 e. The Morgan fingerprint density at radius 1 is 1.17 bits per heavy atom. The Morgan fingerprint density at radius 2 is 1.75 bits per heavy atom. The Labute approximate surface area is 153 Å². The van der Waals surface area contributed by atoms with Crippen molar-refractivity contribution in [2.24, 2.45) is 5.92 Å². The zero-order chi connectivity index (χ0) is 16.8. The Hall–Kier alpha value is -1.63. The van der Waals surface area contributed by atoms with Crippen LogP contribution in [0.4, 0.5) is 5.69 Å². The molecule has 2 rings (SSSR count). The standard InChI is InChI=1S/C17H22N4OS.ClH/c1-11(10-18-4)16(22)21-14-5-7-15(8-6-14)23-17-19-12(2)9-13(3)20-17;/h5-9,11,18H,10H2,1-4H3,(H,21,22);1H. The van der Waals surface area contributed by atoms with Crippen molar-refractivity contribution >= 4 is 35.8 Å². The minimum absolute atomic E-state index is 0. The zero-order valence-corrected chi connectivity index (χ0v) is 15.9. The van der Waals surface area contributed by atoms with Gasteiger partial charge in [-0.25, -0.2) is 9.97 Å². The quantitative estimate of drug-likeness (QED) is 0.766. The molecule has 0 saturated carbocycles. The molecule has 7 heteroatoms. The first-order valence-corrected chi connectivity index (χ1v) is 8.35. The Morgan fingerprint density at radius 3 is 2.29 bits per heavy atom. The van der Waals surface area contributed by atoms with E-state index in [0.717, 1.165) is 27.1 Å². The van der Waals surface area contributed by atoms with Gasteiger partial charge in [-0.2, -0.15) is 0 Å². The third-order valence-electron chi connectivity index (χ3n) is 3.25. The van der Waals surface area contributed by atoms with Gasteiger partial charge in [-0.3, -0.25) is 4.79 Å². The number of carbonyl (C=O) groups excluding carboxylic acids is 1. The Balaban J connectivity index is 0.00000288. The number of nitrogens with one attached hydrogen (secondary N) is 2. The van der Waals surface area contributed by atoms with Crippen LogP contribution in [-0.4, -0.2) is 29.5 Å². The van der Waals surface area contributed by atoms with Gasteiger partial charge in [-0.1, -0.05) is 6.92 Å². The van der Waals surface area contributed by atoms with E-state index in [-0.39, 0.29) is 24.2 Å². The van der Waals surface area contributed by atoms with E-state index in [1.54, 1.807) is 0 Å². The van der Waals surface area contributed by atoms with E-state index in [2.05, 4.69) is 20.6 Å². The first-order chi connectivity index (χ1) is 11.0. The molecular formula is C17H23ClN4OS. The molecular weight excluding hydrogens is 344 g/mol. The van der Waals surface area contributed by atoms with E-state index in [0.29, 0.717) is 6.54 Å². The highest BCUT2D eigenvalue weighted by Crippen LogP contribution is 2.26. The first kappa shape index (κ1) is 20.4. The molecule has 2 aromatic rings. The molecule has 0 saturated heterocycles. The lowest BCUT2D eigenvalue weighted by Crippen LogP contribution is -2.28. The maximum Gasteiger partial charge on any atom is 0.228 e. The Bertz CT molecular complexity index is 659. The van der Waals surface area contributed by atoms with Gasteiger partial charge in [0.15, 0.2) is 5.16 Å². The number of anilines is 1. The second-order valence-corrected chi connectivity index (χ2v) is 6.55. The smallest absolute Gasteiger partial charge is 0.228 e. The lowest BCUT2D eigenvalue weighted by Gasteiger charge is -2.11. The highest BCUT2D eigenvalue weighted by molar-refractivity contribution is 7.99. The van der Waals surface area contributed by atoms with Crippen LogP contribution in [0.25, 0.3) is 0 Å². The summed E-state index contributed by atoms with van der Waals surface area (Å²) in [4.78, 5) is 21.9. The summed E-state index contributed by atoms with van der Waals surface area (Å²) in [6, 6.07) is 9.67. The second-order valence-electron chi connectivity index (χ2n) is 5.51. The number of amides is 1. The summed E-state index contributed by atoms with van der Waals surface area (Å²) in [7, 11) is 1.84. The van der Waals surface area contributed by atoms with E-state index in [1.165, 1.54) is 11.8 Å². The van der Waals surface area contributed by atoms with Crippen LogP contribution in [0.1, 0.15) is 18.3 Å². The number of benzene rings is 1. The third kappa shape index (κ3) is 6.11. The molecule has 0 radical (unpaired) electrons. The maximum absolute atomic E-state index is 12.0. The molecule has 0 fully saturated rings. The highest BCUT2D eigenvalue weighted by Gasteiger charge is 2.11. The predicted octanol–water partition coefficient (Wildman–Crippen LogP) is 3.46. The molecule has 0 aliphatic rings. The number of carbonyl (C=O) groups is 1. The van der Waals surface area contributed by atoms with Gasteiger partial charge in [0.25, 0.3) is 0 Å². The number of aryl methyl sites for hydroxylation is 2. The fourth-order valence-corrected chi connectivity index (χ4v) is 2.98. The number of rotatable bonds is 6. The van der Waals surface area contributed by atoms with Crippen molar-refractivity contribution < 1.29 is 4.79 Å². The number of hydrogen-bond donors (Lipinski definition) is 2. The summed E-state index contributed by atoms with van der Waals surface area (Å²) in [6.45, 7) is 6.48. The van der Waals surface area contributed by atoms with Gasteiger partial charge >= 0.3 is 0 Å². The van der Waals surface area contributed by atoms with Crippen LogP contribution in [0.15, 0.2) is 40.4 Å². The molecule has 0 spiro atoms. The molecule has 24 heavy (non-hydrogen) atoms. The summed E-state index contributed by atoms with van der Waals surface area (Å²) in [5.74, 6) is -0.0601. The van der Waals surface area contributed by atoms with E-state index < -0.39 is 0 Å². The number of aromatic nitrogens is 2. The van der Waals surface area contributed by atoms with Crippen molar-refractivity contribution in [3.8, 4) is 0 Å². The first-order valence-electron chi connectivity index (χ1n) is 7.53. The molecule has 0 aliphatic heterocycles. The number of nitrogens with zero attached hydrogens (tertiary/aromatic N) is 2. The average molecular weight is 367 g/mol. The highest BCUT2D eigenvalue weighted by atomic mass is 35.5. The minimum Gasteiger partial charge on any atom is -0.326 e.